The lowest BCUT2D eigenvalue weighted by Gasteiger charge is -2.48. The van der Waals surface area contributed by atoms with Gasteiger partial charge in [-0.1, -0.05) is 5.21 Å². The van der Waals surface area contributed by atoms with E-state index in [-0.39, 0.29) is 25.4 Å². The molecule has 302 valence electrons. The number of hydrogen-bond donors (Lipinski definition) is 8. The van der Waals surface area contributed by atoms with Crippen molar-refractivity contribution in [1.82, 2.24) is 19.9 Å². The van der Waals surface area contributed by atoms with Crippen LogP contribution in [0.1, 0.15) is 19.0 Å². The molecule has 19 nitrogen and oxygen atoms in total. The zero-order chi connectivity index (χ0) is 39.2. The van der Waals surface area contributed by atoms with Gasteiger partial charge in [0.1, 0.15) is 54.5 Å². The molecule has 0 spiro atoms. The number of aromatic nitrogens is 3. The minimum absolute atomic E-state index is 0.0435. The van der Waals surface area contributed by atoms with E-state index in [1.807, 2.05) is 0 Å². The second-order valence-corrected chi connectivity index (χ2v) is 28.4. The summed E-state index contributed by atoms with van der Waals surface area (Å²) in [5.41, 5.74) is 0.267. The fourth-order valence-electron chi connectivity index (χ4n) is 6.28. The molecular weight excluding hydrogens is 741 g/mol. The maximum atomic E-state index is 12.7. The van der Waals surface area contributed by atoms with E-state index in [1.54, 1.807) is 0 Å². The first-order valence-electron chi connectivity index (χ1n) is 17.5. The molecule has 0 bridgehead atoms. The number of hydrogen-bond acceptors (Lipinski definition) is 17. The van der Waals surface area contributed by atoms with Crippen molar-refractivity contribution in [3.8, 4) is 0 Å². The van der Waals surface area contributed by atoms with Gasteiger partial charge in [-0.05, 0) is 58.3 Å². The molecule has 0 aromatic carbocycles. The molecule has 2 saturated heterocycles. The van der Waals surface area contributed by atoms with Crippen molar-refractivity contribution in [2.75, 3.05) is 26.4 Å². The third-order valence-electron chi connectivity index (χ3n) is 8.28. The van der Waals surface area contributed by atoms with Crippen LogP contribution in [0.25, 0.3) is 0 Å². The Hall–Kier alpha value is -1.30. The van der Waals surface area contributed by atoms with Gasteiger partial charge in [0.2, 0.25) is 5.91 Å². The fraction of sp³-hybridized carbons (Fsp3) is 0.900. The van der Waals surface area contributed by atoms with Gasteiger partial charge in [0.15, 0.2) is 29.2 Å². The van der Waals surface area contributed by atoms with Gasteiger partial charge >= 0.3 is 8.56 Å². The van der Waals surface area contributed by atoms with E-state index in [9.17, 15) is 45.6 Å². The molecule has 52 heavy (non-hydrogen) atoms. The van der Waals surface area contributed by atoms with Crippen LogP contribution in [-0.2, 0) is 45.1 Å². The van der Waals surface area contributed by atoms with Gasteiger partial charge in [0.05, 0.1) is 45.2 Å². The van der Waals surface area contributed by atoms with Gasteiger partial charge in [0.25, 0.3) is 0 Å². The van der Waals surface area contributed by atoms with E-state index in [0.717, 1.165) is 17.4 Å². The van der Waals surface area contributed by atoms with Crippen molar-refractivity contribution in [2.45, 2.75) is 146 Å². The largest absolute Gasteiger partial charge is 0.437 e. The quantitative estimate of drug-likeness (QED) is 0.0545. The molecule has 3 rings (SSSR count). The number of aliphatic hydroxyl groups excluding tert-OH is 8. The molecule has 3 heterocycles. The van der Waals surface area contributed by atoms with E-state index >= 15 is 0 Å². The highest BCUT2D eigenvalue weighted by atomic mass is 28.5. The monoisotopic (exact) mass is 800 g/mol. The molecule has 0 radical (unpaired) electrons. The highest BCUT2D eigenvalue weighted by molar-refractivity contribution is 6.87. The topological polar surface area (TPSA) is 268 Å². The first kappa shape index (κ1) is 45.1. The van der Waals surface area contributed by atoms with Crippen LogP contribution in [-0.4, -0.2) is 186 Å². The maximum absolute atomic E-state index is 12.7. The van der Waals surface area contributed by atoms with Crippen LogP contribution in [0.3, 0.4) is 0 Å². The molecule has 1 aromatic heterocycles. The molecule has 0 saturated carbocycles. The number of nitrogens with zero attached hydrogens (tertiary/aromatic N) is 4. The Morgan fingerprint density at radius 3 is 2.08 bits per heavy atom. The highest BCUT2D eigenvalue weighted by Gasteiger charge is 2.52. The Bertz CT molecular complexity index is 1240. The van der Waals surface area contributed by atoms with Crippen LogP contribution in [0.2, 0.25) is 51.9 Å². The van der Waals surface area contributed by atoms with Crippen LogP contribution in [0.5, 0.6) is 0 Å². The van der Waals surface area contributed by atoms with Crippen molar-refractivity contribution in [1.29, 1.82) is 0 Å². The number of ether oxygens (including phenoxy) is 4. The molecule has 6 unspecified atom stereocenters. The summed E-state index contributed by atoms with van der Waals surface area (Å²) in [6.45, 7) is 15.0. The van der Waals surface area contributed by atoms with Gasteiger partial charge in [-0.15, -0.1) is 5.10 Å². The molecule has 0 aliphatic carbocycles. The second kappa shape index (κ2) is 19.0. The average molecular weight is 801 g/mol. The number of amides is 1. The van der Waals surface area contributed by atoms with Crippen molar-refractivity contribution >= 4 is 31.1 Å². The third kappa shape index (κ3) is 12.9. The molecular formula is C30H60N4O15Si3. The summed E-state index contributed by atoms with van der Waals surface area (Å²) >= 11 is 0. The standard InChI is InChI=1S/C30H60N4O15Si3/c1-18(37)34(29-26(42)25(41)28(22(16-36)45-29)47-30-27(43)24(40)23(39)21(15-35)46-30)13-19-12-33(32-31-19)14-20(38)17-44-10-9-11-52(8,48-50(2,3)4)49-51(5,6)7/h12,20-30,35-36,38-43H,9-11,13-17H2,1-8H3/t20?,21?,22-,23+,24-,25?,26?,27?,28+,29+,30?/m0/s1. The van der Waals surface area contributed by atoms with Gasteiger partial charge in [-0.2, -0.15) is 0 Å². The average Bonchev–Trinajstić information content (AvgIpc) is 3.46. The van der Waals surface area contributed by atoms with Crippen molar-refractivity contribution < 1.29 is 72.8 Å². The second-order valence-electron chi connectivity index (χ2n) is 15.5. The third-order valence-corrected chi connectivity index (χ3v) is 17.9. The van der Waals surface area contributed by atoms with Crippen LogP contribution in [0, 0.1) is 0 Å². The zero-order valence-corrected chi connectivity index (χ0v) is 34.3. The number of carbonyl (C=O) groups is 1. The van der Waals surface area contributed by atoms with E-state index in [0.29, 0.717) is 6.61 Å². The minimum Gasteiger partial charge on any atom is -0.437 e. The Morgan fingerprint density at radius 1 is 0.904 bits per heavy atom. The van der Waals surface area contributed by atoms with E-state index in [1.165, 1.54) is 17.8 Å². The smallest absolute Gasteiger partial charge is 0.314 e. The normalized spacial score (nSPS) is 31.1. The summed E-state index contributed by atoms with van der Waals surface area (Å²) < 4.78 is 36.9. The Labute approximate surface area is 307 Å². The van der Waals surface area contributed by atoms with Gasteiger partial charge in [0, 0.05) is 13.5 Å². The predicted octanol–water partition coefficient (Wildman–Crippen LogP) is -2.21. The Balaban J connectivity index is 1.55. The summed E-state index contributed by atoms with van der Waals surface area (Å²) in [5, 5.41) is 90.8. The molecule has 1 aromatic rings. The van der Waals surface area contributed by atoms with Crippen LogP contribution >= 0.6 is 0 Å². The van der Waals surface area contributed by atoms with Crippen molar-refractivity contribution in [3.63, 3.8) is 0 Å². The van der Waals surface area contributed by atoms with Gasteiger partial charge in [-0.25, -0.2) is 4.68 Å². The number of aliphatic hydroxyl groups is 8. The fourth-order valence-corrected chi connectivity index (χ4v) is 18.8. The summed E-state index contributed by atoms with van der Waals surface area (Å²) in [4.78, 5) is 13.8. The first-order valence-corrected chi connectivity index (χ1v) is 26.8. The minimum atomic E-state index is -2.39. The lowest BCUT2D eigenvalue weighted by atomic mass is 9.96. The molecule has 11 atom stereocenters. The molecule has 2 aliphatic rings. The molecule has 22 heteroatoms. The molecule has 1 amide bonds. The SMILES string of the molecule is CC(=O)N(Cc1cn(CC(O)COCCC[Si](C)(O[Si](C)(C)C)O[Si](C)(C)C)nn1)[C@@H]1O[C@@H](CO)[C@@H](OC2OC(CO)[C@@H](O)[C@H](O)C2O)C(O)C1O. The van der Waals surface area contributed by atoms with E-state index in [2.05, 4.69) is 56.1 Å². The van der Waals surface area contributed by atoms with Crippen LogP contribution in [0.4, 0.5) is 0 Å². The zero-order valence-electron chi connectivity index (χ0n) is 31.3. The van der Waals surface area contributed by atoms with E-state index < -0.39 is 112 Å². The van der Waals surface area contributed by atoms with Gasteiger partial charge in [-0.3, -0.25) is 4.79 Å². The summed E-state index contributed by atoms with van der Waals surface area (Å²) in [7, 11) is -6.02. The van der Waals surface area contributed by atoms with Crippen molar-refractivity contribution in [3.05, 3.63) is 11.9 Å². The summed E-state index contributed by atoms with van der Waals surface area (Å²) in [6.07, 6.45) is -14.9. The summed E-state index contributed by atoms with van der Waals surface area (Å²) in [6, 6.07) is 0.776. The Kier molecular flexibility index (Phi) is 16.5. The van der Waals surface area contributed by atoms with E-state index in [4.69, 9.17) is 27.2 Å². The number of carbonyl (C=O) groups excluding carboxylic acids is 1. The maximum Gasteiger partial charge on any atom is 0.314 e. The van der Waals surface area contributed by atoms with Crippen molar-refractivity contribution in [2.24, 2.45) is 0 Å². The highest BCUT2D eigenvalue weighted by Crippen LogP contribution is 2.31. The summed E-state index contributed by atoms with van der Waals surface area (Å²) in [5.74, 6) is -0.575. The lowest BCUT2D eigenvalue weighted by molar-refractivity contribution is -0.348. The van der Waals surface area contributed by atoms with Crippen LogP contribution in [0.15, 0.2) is 6.20 Å². The first-order chi connectivity index (χ1) is 24.1. The Morgan fingerprint density at radius 2 is 1.52 bits per heavy atom. The number of rotatable bonds is 19. The van der Waals surface area contributed by atoms with Gasteiger partial charge < -0.3 is 72.9 Å². The molecule has 2 aliphatic heterocycles. The lowest BCUT2D eigenvalue weighted by Crippen LogP contribution is -2.66. The molecule has 2 fully saturated rings. The predicted molar refractivity (Wildman–Crippen MR) is 189 cm³/mol. The van der Waals surface area contributed by atoms with Crippen LogP contribution < -0.4 is 0 Å². The molecule has 8 N–H and O–H groups in total.